The summed E-state index contributed by atoms with van der Waals surface area (Å²) < 4.78 is 41.1. The second kappa shape index (κ2) is 9.42. The molecule has 1 aromatic carbocycles. The second-order valence-electron chi connectivity index (χ2n) is 7.59. The average molecular weight is 423 g/mol. The van der Waals surface area contributed by atoms with Gasteiger partial charge in [-0.3, -0.25) is 14.3 Å². The maximum Gasteiger partial charge on any atom is 0.416 e. The molecule has 1 aliphatic rings. The summed E-state index contributed by atoms with van der Waals surface area (Å²) in [6, 6.07) is 6.37. The number of nitrogens with zero attached hydrogens (tertiary/aromatic N) is 2. The Morgan fingerprint density at radius 3 is 2.80 bits per heavy atom. The molecule has 2 unspecified atom stereocenters. The van der Waals surface area contributed by atoms with Crippen LogP contribution in [0.4, 0.5) is 19.0 Å². The highest BCUT2D eigenvalue weighted by Gasteiger charge is 2.34. The zero-order chi connectivity index (χ0) is 21.7. The van der Waals surface area contributed by atoms with Gasteiger partial charge in [-0.15, -0.1) is 0 Å². The Hall–Kier alpha value is -2.68. The summed E-state index contributed by atoms with van der Waals surface area (Å²) in [5, 5.41) is 15.8. The number of benzene rings is 1. The number of ketones is 1. The zero-order valence-corrected chi connectivity index (χ0v) is 16.4. The highest BCUT2D eigenvalue weighted by molar-refractivity contribution is 5.95. The van der Waals surface area contributed by atoms with Gasteiger partial charge in [0.05, 0.1) is 11.5 Å². The standard InChI is InChI=1S/C21H24F3N3O3/c22-21(23,24)16-4-1-3-15(13-16)18(12-14-5-6-17(29)11-14)20(30)25-19-7-9-27(26-19)8-2-10-28/h1,3-4,7,9,13-14,18,28H,2,5-6,8,10-12H2,(H,25,26,30). The zero-order valence-electron chi connectivity index (χ0n) is 16.4. The Labute approximate surface area is 172 Å². The van der Waals surface area contributed by atoms with Gasteiger partial charge in [-0.2, -0.15) is 18.3 Å². The highest BCUT2D eigenvalue weighted by Crippen LogP contribution is 2.36. The lowest BCUT2D eigenvalue weighted by Gasteiger charge is -2.21. The van der Waals surface area contributed by atoms with Gasteiger partial charge >= 0.3 is 6.18 Å². The van der Waals surface area contributed by atoms with E-state index in [1.165, 1.54) is 12.1 Å². The molecule has 0 radical (unpaired) electrons. The molecule has 3 rings (SSSR count). The topological polar surface area (TPSA) is 84.2 Å². The van der Waals surface area contributed by atoms with Crippen LogP contribution < -0.4 is 5.32 Å². The van der Waals surface area contributed by atoms with Gasteiger partial charge in [-0.1, -0.05) is 18.2 Å². The normalized spacial score (nSPS) is 17.9. The van der Waals surface area contributed by atoms with Gasteiger partial charge in [0.2, 0.25) is 5.91 Å². The van der Waals surface area contributed by atoms with Crippen molar-refractivity contribution in [2.24, 2.45) is 5.92 Å². The lowest BCUT2D eigenvalue weighted by atomic mass is 9.86. The van der Waals surface area contributed by atoms with Gasteiger partial charge in [0.25, 0.3) is 0 Å². The minimum Gasteiger partial charge on any atom is -0.396 e. The first-order chi connectivity index (χ1) is 14.3. The van der Waals surface area contributed by atoms with Crippen LogP contribution in [0.1, 0.15) is 49.1 Å². The van der Waals surface area contributed by atoms with E-state index < -0.39 is 23.6 Å². The van der Waals surface area contributed by atoms with Crippen LogP contribution >= 0.6 is 0 Å². The molecule has 2 N–H and O–H groups in total. The number of nitrogens with one attached hydrogen (secondary N) is 1. The summed E-state index contributed by atoms with van der Waals surface area (Å²) in [5.41, 5.74) is -0.546. The number of halogens is 3. The van der Waals surface area contributed by atoms with E-state index in [2.05, 4.69) is 10.4 Å². The van der Waals surface area contributed by atoms with Crippen molar-refractivity contribution in [2.45, 2.75) is 50.7 Å². The minimum atomic E-state index is -4.51. The van der Waals surface area contributed by atoms with Crippen molar-refractivity contribution >= 4 is 17.5 Å². The first kappa shape index (κ1) is 22.0. The van der Waals surface area contributed by atoms with Crippen LogP contribution in [0, 0.1) is 5.92 Å². The van der Waals surface area contributed by atoms with E-state index in [-0.39, 0.29) is 29.7 Å². The minimum absolute atomic E-state index is 0.0132. The quantitative estimate of drug-likeness (QED) is 0.677. The molecule has 6 nitrogen and oxygen atoms in total. The molecule has 1 fully saturated rings. The van der Waals surface area contributed by atoms with E-state index in [9.17, 15) is 22.8 Å². The number of Topliss-reactive ketones (excluding diaryl/α,β-unsaturated/α-hetero) is 1. The fourth-order valence-corrected chi connectivity index (χ4v) is 3.75. The molecule has 2 aromatic rings. The molecule has 162 valence electrons. The highest BCUT2D eigenvalue weighted by atomic mass is 19.4. The third-order valence-electron chi connectivity index (χ3n) is 5.29. The molecule has 2 atom stereocenters. The maximum atomic E-state index is 13.2. The van der Waals surface area contributed by atoms with Crippen molar-refractivity contribution in [3.05, 3.63) is 47.7 Å². The fraction of sp³-hybridized carbons (Fsp3) is 0.476. The molecular formula is C21H24F3N3O3. The van der Waals surface area contributed by atoms with Crippen LogP contribution in [0.5, 0.6) is 0 Å². The number of amides is 1. The van der Waals surface area contributed by atoms with E-state index in [0.29, 0.717) is 38.6 Å². The second-order valence-corrected chi connectivity index (χ2v) is 7.59. The molecule has 0 spiro atoms. The largest absolute Gasteiger partial charge is 0.416 e. The van der Waals surface area contributed by atoms with Crippen molar-refractivity contribution in [3.8, 4) is 0 Å². The lowest BCUT2D eigenvalue weighted by molar-refractivity contribution is -0.137. The summed E-state index contributed by atoms with van der Waals surface area (Å²) in [4.78, 5) is 24.6. The molecule has 30 heavy (non-hydrogen) atoms. The number of hydrogen-bond acceptors (Lipinski definition) is 4. The monoisotopic (exact) mass is 423 g/mol. The van der Waals surface area contributed by atoms with Crippen molar-refractivity contribution in [2.75, 3.05) is 11.9 Å². The molecule has 0 aliphatic heterocycles. The lowest BCUT2D eigenvalue weighted by Crippen LogP contribution is -2.24. The van der Waals surface area contributed by atoms with Crippen molar-refractivity contribution in [1.82, 2.24) is 9.78 Å². The van der Waals surface area contributed by atoms with Crippen LogP contribution in [0.15, 0.2) is 36.5 Å². The van der Waals surface area contributed by atoms with E-state index in [0.717, 1.165) is 12.1 Å². The van der Waals surface area contributed by atoms with Crippen LogP contribution in [-0.4, -0.2) is 33.2 Å². The summed E-state index contributed by atoms with van der Waals surface area (Å²) in [5.74, 6) is -0.917. The van der Waals surface area contributed by atoms with Gasteiger partial charge in [0.15, 0.2) is 5.82 Å². The number of hydrogen-bond donors (Lipinski definition) is 2. The number of aliphatic hydroxyl groups excluding tert-OH is 1. The van der Waals surface area contributed by atoms with Crippen molar-refractivity contribution in [1.29, 1.82) is 0 Å². The molecule has 1 saturated carbocycles. The van der Waals surface area contributed by atoms with Crippen molar-refractivity contribution in [3.63, 3.8) is 0 Å². The van der Waals surface area contributed by atoms with Gasteiger partial charge < -0.3 is 10.4 Å². The molecule has 0 saturated heterocycles. The number of alkyl halides is 3. The Bertz CT molecular complexity index is 895. The molecule has 0 bridgehead atoms. The van der Waals surface area contributed by atoms with E-state index in [1.807, 2.05) is 0 Å². The molecule has 1 heterocycles. The Morgan fingerprint density at radius 1 is 1.33 bits per heavy atom. The number of rotatable bonds is 8. The summed E-state index contributed by atoms with van der Waals surface area (Å²) >= 11 is 0. The van der Waals surface area contributed by atoms with E-state index in [4.69, 9.17) is 5.11 Å². The third kappa shape index (κ3) is 5.69. The SMILES string of the molecule is O=C1CCC(CC(C(=O)Nc2ccn(CCCO)n2)c2cccc(C(F)(F)F)c2)C1. The number of carbonyl (C=O) groups excluding carboxylic acids is 2. The van der Waals surface area contributed by atoms with Crippen molar-refractivity contribution < 1.29 is 27.9 Å². The number of aromatic nitrogens is 2. The molecule has 9 heteroatoms. The summed E-state index contributed by atoms with van der Waals surface area (Å²) in [7, 11) is 0. The fourth-order valence-electron chi connectivity index (χ4n) is 3.75. The smallest absolute Gasteiger partial charge is 0.396 e. The van der Waals surface area contributed by atoms with Crippen LogP contribution in [0.2, 0.25) is 0 Å². The first-order valence-electron chi connectivity index (χ1n) is 9.90. The summed E-state index contributed by atoms with van der Waals surface area (Å²) in [6.07, 6.45) is -0.624. The average Bonchev–Trinajstić information content (AvgIpc) is 3.32. The number of aliphatic hydroxyl groups is 1. The molecular weight excluding hydrogens is 399 g/mol. The number of aryl methyl sites for hydroxylation is 1. The predicted molar refractivity (Wildman–Crippen MR) is 104 cm³/mol. The van der Waals surface area contributed by atoms with Gasteiger partial charge in [0.1, 0.15) is 5.78 Å². The third-order valence-corrected chi connectivity index (χ3v) is 5.29. The number of carbonyl (C=O) groups is 2. The van der Waals surface area contributed by atoms with Crippen LogP contribution in [-0.2, 0) is 22.3 Å². The molecule has 1 aromatic heterocycles. The van der Waals surface area contributed by atoms with Gasteiger partial charge in [-0.25, -0.2) is 0 Å². The Balaban J connectivity index is 1.81. The predicted octanol–water partition coefficient (Wildman–Crippen LogP) is 3.77. The summed E-state index contributed by atoms with van der Waals surface area (Å²) in [6.45, 7) is 0.493. The van der Waals surface area contributed by atoms with Gasteiger partial charge in [0, 0.05) is 38.3 Å². The van der Waals surface area contributed by atoms with Gasteiger partial charge in [-0.05, 0) is 36.8 Å². The molecule has 1 aliphatic carbocycles. The molecule has 1 amide bonds. The number of anilines is 1. The van der Waals surface area contributed by atoms with E-state index >= 15 is 0 Å². The first-order valence-corrected chi connectivity index (χ1v) is 9.90. The van der Waals surface area contributed by atoms with Crippen LogP contribution in [0.25, 0.3) is 0 Å². The van der Waals surface area contributed by atoms with Crippen LogP contribution in [0.3, 0.4) is 0 Å². The van der Waals surface area contributed by atoms with E-state index in [1.54, 1.807) is 16.9 Å². The Kier molecular flexibility index (Phi) is 6.91. The maximum absolute atomic E-state index is 13.2. The Morgan fingerprint density at radius 2 is 2.13 bits per heavy atom.